The summed E-state index contributed by atoms with van der Waals surface area (Å²) in [5, 5.41) is 14.6. The van der Waals surface area contributed by atoms with Crippen molar-refractivity contribution in [2.75, 3.05) is 0 Å². The second-order valence-electron chi connectivity index (χ2n) is 6.29. The maximum atomic E-state index is 4.48. The highest BCUT2D eigenvalue weighted by Gasteiger charge is 2.15. The number of thioether (sulfide) groups is 1. The molecule has 0 amide bonds. The summed E-state index contributed by atoms with van der Waals surface area (Å²) in [6.07, 6.45) is 2.95. The van der Waals surface area contributed by atoms with E-state index in [0.29, 0.717) is 6.54 Å². The van der Waals surface area contributed by atoms with E-state index >= 15 is 0 Å². The molecule has 0 bridgehead atoms. The summed E-state index contributed by atoms with van der Waals surface area (Å²) in [4.78, 5) is 1.36. The molecule has 0 saturated heterocycles. The Hall–Kier alpha value is -2.37. The van der Waals surface area contributed by atoms with E-state index in [-0.39, 0.29) is 0 Å². The highest BCUT2D eigenvalue weighted by molar-refractivity contribution is 7.98. The van der Waals surface area contributed by atoms with Crippen LogP contribution in [0.1, 0.15) is 17.4 Å². The van der Waals surface area contributed by atoms with Gasteiger partial charge in [-0.25, -0.2) is 0 Å². The van der Waals surface area contributed by atoms with Crippen LogP contribution in [-0.2, 0) is 18.7 Å². The summed E-state index contributed by atoms with van der Waals surface area (Å²) in [6, 6.07) is 17.2. The quantitative estimate of drug-likeness (QED) is 0.277. The van der Waals surface area contributed by atoms with Gasteiger partial charge in [0.1, 0.15) is 0 Å². The minimum atomic E-state index is 0.706. The van der Waals surface area contributed by atoms with Crippen LogP contribution in [-0.4, -0.2) is 14.8 Å². The van der Waals surface area contributed by atoms with E-state index in [2.05, 4.69) is 82.2 Å². The summed E-state index contributed by atoms with van der Waals surface area (Å²) >= 11 is 3.51. The normalized spacial score (nSPS) is 11.1. The standard InChI is InChI=1S/C22H21N3S2/c1-3-12-25-21(18-13-19(4-2)26-15-18)23-24-22(25)27-14-17-10-7-9-16-8-5-6-11-20(16)17/h3,5-11,13,15H,1,4,12,14H2,2H3. The van der Waals surface area contributed by atoms with Gasteiger partial charge in [-0.3, -0.25) is 4.57 Å². The Kier molecular flexibility index (Phi) is 5.41. The van der Waals surface area contributed by atoms with Gasteiger partial charge in [-0.05, 0) is 28.8 Å². The second kappa shape index (κ2) is 8.11. The van der Waals surface area contributed by atoms with Crippen molar-refractivity contribution in [2.45, 2.75) is 30.8 Å². The zero-order valence-corrected chi connectivity index (χ0v) is 16.9. The Balaban J connectivity index is 1.63. The first-order valence-corrected chi connectivity index (χ1v) is 10.9. The molecule has 0 aliphatic heterocycles. The number of rotatable bonds is 7. The van der Waals surface area contributed by atoms with Crippen LogP contribution in [0.3, 0.4) is 0 Å². The fourth-order valence-electron chi connectivity index (χ4n) is 3.15. The number of aryl methyl sites for hydroxylation is 1. The van der Waals surface area contributed by atoms with Gasteiger partial charge in [0.2, 0.25) is 0 Å². The number of fused-ring (bicyclic) bond motifs is 1. The Morgan fingerprint density at radius 2 is 2.00 bits per heavy atom. The molecule has 27 heavy (non-hydrogen) atoms. The van der Waals surface area contributed by atoms with Gasteiger partial charge in [0.25, 0.3) is 0 Å². The molecule has 0 atom stereocenters. The Morgan fingerprint density at radius 3 is 2.81 bits per heavy atom. The van der Waals surface area contributed by atoms with Gasteiger partial charge in [0, 0.05) is 28.1 Å². The van der Waals surface area contributed by atoms with Crippen LogP contribution in [0.25, 0.3) is 22.2 Å². The second-order valence-corrected chi connectivity index (χ2v) is 8.23. The summed E-state index contributed by atoms with van der Waals surface area (Å²) in [6.45, 7) is 6.79. The number of allylic oxidation sites excluding steroid dienone is 1. The van der Waals surface area contributed by atoms with E-state index in [1.54, 1.807) is 23.1 Å². The molecule has 5 heteroatoms. The van der Waals surface area contributed by atoms with Gasteiger partial charge in [-0.2, -0.15) is 0 Å². The van der Waals surface area contributed by atoms with E-state index < -0.39 is 0 Å². The number of thiophene rings is 1. The lowest BCUT2D eigenvalue weighted by molar-refractivity contribution is 0.731. The first-order chi connectivity index (χ1) is 13.3. The Bertz CT molecular complexity index is 1070. The molecule has 0 aliphatic rings. The van der Waals surface area contributed by atoms with Gasteiger partial charge in [0.15, 0.2) is 11.0 Å². The van der Waals surface area contributed by atoms with Crippen LogP contribution in [0.5, 0.6) is 0 Å². The molecule has 136 valence electrons. The van der Waals surface area contributed by atoms with Crippen LogP contribution < -0.4 is 0 Å². The van der Waals surface area contributed by atoms with Gasteiger partial charge in [-0.15, -0.1) is 28.1 Å². The maximum Gasteiger partial charge on any atom is 0.192 e. The van der Waals surface area contributed by atoms with Crippen LogP contribution in [0.15, 0.2) is 71.7 Å². The maximum absolute atomic E-state index is 4.48. The third kappa shape index (κ3) is 3.70. The molecule has 0 radical (unpaired) electrons. The molecule has 2 heterocycles. The van der Waals surface area contributed by atoms with Crippen molar-refractivity contribution in [3.05, 3.63) is 77.0 Å². The van der Waals surface area contributed by atoms with Crippen LogP contribution in [0.4, 0.5) is 0 Å². The van der Waals surface area contributed by atoms with Crippen molar-refractivity contribution in [3.8, 4) is 11.4 Å². The predicted molar refractivity (Wildman–Crippen MR) is 116 cm³/mol. The SMILES string of the molecule is C=CCn1c(SCc2cccc3ccccc23)nnc1-c1csc(CC)c1. The first-order valence-electron chi connectivity index (χ1n) is 9.01. The molecule has 4 rings (SSSR count). The topological polar surface area (TPSA) is 30.7 Å². The van der Waals surface area contributed by atoms with Gasteiger partial charge in [-0.1, -0.05) is 67.2 Å². The largest absolute Gasteiger partial charge is 0.298 e. The molecule has 0 unspecified atom stereocenters. The van der Waals surface area contributed by atoms with E-state index in [1.807, 2.05) is 6.08 Å². The van der Waals surface area contributed by atoms with Crippen molar-refractivity contribution < 1.29 is 0 Å². The summed E-state index contributed by atoms with van der Waals surface area (Å²) in [5.74, 6) is 1.78. The third-order valence-electron chi connectivity index (χ3n) is 4.53. The third-order valence-corrected chi connectivity index (χ3v) is 6.62. The highest BCUT2D eigenvalue weighted by Crippen LogP contribution is 2.31. The molecule has 4 aromatic rings. The number of hydrogen-bond donors (Lipinski definition) is 0. The zero-order valence-electron chi connectivity index (χ0n) is 15.3. The molecule has 0 N–H and O–H groups in total. The molecule has 3 nitrogen and oxygen atoms in total. The van der Waals surface area contributed by atoms with Gasteiger partial charge < -0.3 is 0 Å². The van der Waals surface area contributed by atoms with Crippen molar-refractivity contribution >= 4 is 33.9 Å². The summed E-state index contributed by atoms with van der Waals surface area (Å²) in [5.41, 5.74) is 2.46. The predicted octanol–water partition coefficient (Wildman–Crippen LogP) is 6.20. The van der Waals surface area contributed by atoms with Crippen molar-refractivity contribution in [3.63, 3.8) is 0 Å². The lowest BCUT2D eigenvalue weighted by atomic mass is 10.1. The molecule has 2 aromatic carbocycles. The lowest BCUT2D eigenvalue weighted by Crippen LogP contribution is -2.00. The number of aromatic nitrogens is 3. The molecule has 0 aliphatic carbocycles. The summed E-state index contributed by atoms with van der Waals surface area (Å²) < 4.78 is 2.16. The fourth-order valence-corrected chi connectivity index (χ4v) is 4.91. The zero-order chi connectivity index (χ0) is 18.6. The van der Waals surface area contributed by atoms with Gasteiger partial charge >= 0.3 is 0 Å². The molecular weight excluding hydrogens is 370 g/mol. The van der Waals surface area contributed by atoms with E-state index in [1.165, 1.54) is 21.2 Å². The first kappa shape index (κ1) is 18.0. The minimum Gasteiger partial charge on any atom is -0.298 e. The van der Waals surface area contributed by atoms with Gasteiger partial charge in [0.05, 0.1) is 0 Å². The van der Waals surface area contributed by atoms with Crippen molar-refractivity contribution in [1.82, 2.24) is 14.8 Å². The summed E-state index contributed by atoms with van der Waals surface area (Å²) in [7, 11) is 0. The number of hydrogen-bond acceptors (Lipinski definition) is 4. The molecule has 0 saturated carbocycles. The molecule has 2 aromatic heterocycles. The monoisotopic (exact) mass is 391 g/mol. The van der Waals surface area contributed by atoms with E-state index in [0.717, 1.165) is 28.7 Å². The number of nitrogens with zero attached hydrogens (tertiary/aromatic N) is 3. The van der Waals surface area contributed by atoms with Crippen LogP contribution in [0.2, 0.25) is 0 Å². The van der Waals surface area contributed by atoms with Crippen LogP contribution in [0, 0.1) is 0 Å². The van der Waals surface area contributed by atoms with E-state index in [9.17, 15) is 0 Å². The Labute approximate surface area is 167 Å². The molecular formula is C22H21N3S2. The molecule has 0 fully saturated rings. The molecule has 0 spiro atoms. The van der Waals surface area contributed by atoms with E-state index in [4.69, 9.17) is 0 Å². The van der Waals surface area contributed by atoms with Crippen molar-refractivity contribution in [2.24, 2.45) is 0 Å². The fraction of sp³-hybridized carbons (Fsp3) is 0.182. The van der Waals surface area contributed by atoms with Crippen LogP contribution >= 0.6 is 23.1 Å². The highest BCUT2D eigenvalue weighted by atomic mass is 32.2. The minimum absolute atomic E-state index is 0.706. The smallest absolute Gasteiger partial charge is 0.192 e. The lowest BCUT2D eigenvalue weighted by Gasteiger charge is -2.08. The average molecular weight is 392 g/mol. The number of benzene rings is 2. The van der Waals surface area contributed by atoms with Crippen molar-refractivity contribution in [1.29, 1.82) is 0 Å². The average Bonchev–Trinajstić information content (AvgIpc) is 3.33. The Morgan fingerprint density at radius 1 is 1.15 bits per heavy atom.